The lowest BCUT2D eigenvalue weighted by atomic mass is 10.1. The van der Waals surface area contributed by atoms with Crippen molar-refractivity contribution in [3.8, 4) is 0 Å². The van der Waals surface area contributed by atoms with E-state index in [0.29, 0.717) is 11.4 Å². The lowest BCUT2D eigenvalue weighted by Gasteiger charge is -2.03. The van der Waals surface area contributed by atoms with E-state index in [2.05, 4.69) is 10.0 Å². The monoisotopic (exact) mass is 162 g/mol. The van der Waals surface area contributed by atoms with E-state index < -0.39 is 0 Å². The SMILES string of the molecule is CCc1cccc(N=[N+]=[N-])c1N. The number of rotatable bonds is 2. The van der Waals surface area contributed by atoms with Crippen LogP contribution in [-0.2, 0) is 6.42 Å². The van der Waals surface area contributed by atoms with Crippen molar-refractivity contribution >= 4 is 11.4 Å². The molecule has 0 bridgehead atoms. The molecule has 0 aromatic heterocycles. The summed E-state index contributed by atoms with van der Waals surface area (Å²) >= 11 is 0. The highest BCUT2D eigenvalue weighted by atomic mass is 15.1. The van der Waals surface area contributed by atoms with E-state index in [1.165, 1.54) is 0 Å². The number of nitrogen functional groups attached to an aromatic ring is 1. The lowest BCUT2D eigenvalue weighted by Crippen LogP contribution is -1.91. The Kier molecular flexibility index (Phi) is 2.56. The van der Waals surface area contributed by atoms with Crippen molar-refractivity contribution in [2.75, 3.05) is 5.73 Å². The summed E-state index contributed by atoms with van der Waals surface area (Å²) in [6.45, 7) is 2.01. The van der Waals surface area contributed by atoms with Crippen LogP contribution < -0.4 is 5.73 Å². The maximum Gasteiger partial charge on any atom is 0.0607 e. The second-order valence-electron chi connectivity index (χ2n) is 2.39. The standard InChI is InChI=1S/C8H10N4/c1-2-6-4-3-5-7(8(6)9)11-12-10/h3-5H,2,9H2,1H3. The van der Waals surface area contributed by atoms with Gasteiger partial charge >= 0.3 is 0 Å². The molecule has 1 aromatic rings. The molecule has 0 radical (unpaired) electrons. The highest BCUT2D eigenvalue weighted by molar-refractivity contribution is 5.66. The number of nitrogens with two attached hydrogens (primary N) is 1. The third kappa shape index (κ3) is 1.49. The molecular weight excluding hydrogens is 152 g/mol. The van der Waals surface area contributed by atoms with Crippen molar-refractivity contribution in [3.05, 3.63) is 34.2 Å². The van der Waals surface area contributed by atoms with E-state index >= 15 is 0 Å². The summed E-state index contributed by atoms with van der Waals surface area (Å²) in [6.07, 6.45) is 0.848. The normalized spacial score (nSPS) is 9.08. The number of aryl methyl sites for hydroxylation is 1. The fraction of sp³-hybridized carbons (Fsp3) is 0.250. The molecule has 0 fully saturated rings. The highest BCUT2D eigenvalue weighted by Gasteiger charge is 1.99. The average molecular weight is 162 g/mol. The van der Waals surface area contributed by atoms with Crippen LogP contribution in [0.2, 0.25) is 0 Å². The van der Waals surface area contributed by atoms with Crippen LogP contribution in [0.1, 0.15) is 12.5 Å². The molecule has 0 atom stereocenters. The third-order valence-electron chi connectivity index (χ3n) is 1.71. The van der Waals surface area contributed by atoms with Gasteiger partial charge in [0.2, 0.25) is 0 Å². The zero-order valence-electron chi connectivity index (χ0n) is 6.86. The van der Waals surface area contributed by atoms with Gasteiger partial charge in [-0.1, -0.05) is 30.2 Å². The number of para-hydroxylation sites is 1. The summed E-state index contributed by atoms with van der Waals surface area (Å²) in [5.74, 6) is 0. The van der Waals surface area contributed by atoms with E-state index in [-0.39, 0.29) is 0 Å². The van der Waals surface area contributed by atoms with Gasteiger partial charge in [0.25, 0.3) is 0 Å². The summed E-state index contributed by atoms with van der Waals surface area (Å²) in [5, 5.41) is 3.47. The largest absolute Gasteiger partial charge is 0.398 e. The molecule has 62 valence electrons. The first-order chi connectivity index (χ1) is 5.79. The highest BCUT2D eigenvalue weighted by Crippen LogP contribution is 2.25. The minimum absolute atomic E-state index is 0.511. The third-order valence-corrected chi connectivity index (χ3v) is 1.71. The van der Waals surface area contributed by atoms with Crippen LogP contribution in [0.3, 0.4) is 0 Å². The van der Waals surface area contributed by atoms with Gasteiger partial charge in [-0.3, -0.25) is 0 Å². The number of hydrogen-bond donors (Lipinski definition) is 1. The fourth-order valence-electron chi connectivity index (χ4n) is 1.04. The number of azide groups is 1. The molecule has 0 aliphatic heterocycles. The van der Waals surface area contributed by atoms with Crippen LogP contribution in [0.15, 0.2) is 23.3 Å². The molecule has 1 rings (SSSR count). The molecule has 0 saturated heterocycles. The molecule has 0 saturated carbocycles. The molecule has 0 heterocycles. The minimum Gasteiger partial charge on any atom is -0.398 e. The Morgan fingerprint density at radius 1 is 1.58 bits per heavy atom. The van der Waals surface area contributed by atoms with Gasteiger partial charge in [0.05, 0.1) is 5.69 Å². The molecule has 1 aromatic carbocycles. The summed E-state index contributed by atoms with van der Waals surface area (Å²) in [6, 6.07) is 5.46. The predicted molar refractivity (Wildman–Crippen MR) is 49.0 cm³/mol. The first kappa shape index (κ1) is 8.43. The van der Waals surface area contributed by atoms with Crippen molar-refractivity contribution in [1.82, 2.24) is 0 Å². The Bertz CT molecular complexity index is 326. The number of anilines is 1. The molecule has 0 amide bonds. The topological polar surface area (TPSA) is 74.8 Å². The van der Waals surface area contributed by atoms with Crippen molar-refractivity contribution < 1.29 is 0 Å². The van der Waals surface area contributed by atoms with Crippen LogP contribution in [0.5, 0.6) is 0 Å². The van der Waals surface area contributed by atoms with Crippen molar-refractivity contribution in [2.45, 2.75) is 13.3 Å². The number of nitrogens with zero attached hydrogens (tertiary/aromatic N) is 3. The fourth-order valence-corrected chi connectivity index (χ4v) is 1.04. The molecule has 0 aliphatic rings. The molecule has 4 heteroatoms. The average Bonchev–Trinajstić information content (AvgIpc) is 2.09. The van der Waals surface area contributed by atoms with Crippen LogP contribution in [0.25, 0.3) is 10.4 Å². The van der Waals surface area contributed by atoms with E-state index in [9.17, 15) is 0 Å². The molecule has 2 N–H and O–H groups in total. The smallest absolute Gasteiger partial charge is 0.0607 e. The van der Waals surface area contributed by atoms with Crippen LogP contribution in [-0.4, -0.2) is 0 Å². The number of hydrogen-bond acceptors (Lipinski definition) is 2. The van der Waals surface area contributed by atoms with Crippen LogP contribution in [0, 0.1) is 0 Å². The molecular formula is C8H10N4. The maximum atomic E-state index is 8.21. The van der Waals surface area contributed by atoms with E-state index in [0.717, 1.165) is 12.0 Å². The first-order valence-corrected chi connectivity index (χ1v) is 3.72. The van der Waals surface area contributed by atoms with E-state index in [1.807, 2.05) is 19.1 Å². The Labute approximate surface area is 70.6 Å². The van der Waals surface area contributed by atoms with Gasteiger partial charge in [0.15, 0.2) is 0 Å². The minimum atomic E-state index is 0.511. The van der Waals surface area contributed by atoms with E-state index in [4.69, 9.17) is 11.3 Å². The van der Waals surface area contributed by atoms with Crippen molar-refractivity contribution in [2.24, 2.45) is 5.11 Å². The molecule has 4 nitrogen and oxygen atoms in total. The van der Waals surface area contributed by atoms with Gasteiger partial charge in [0, 0.05) is 10.6 Å². The lowest BCUT2D eigenvalue weighted by molar-refractivity contribution is 1.14. The molecule has 12 heavy (non-hydrogen) atoms. The summed E-state index contributed by atoms with van der Waals surface area (Å²) in [4.78, 5) is 2.69. The quantitative estimate of drug-likeness (QED) is 0.308. The molecule has 0 spiro atoms. The van der Waals surface area contributed by atoms with Crippen molar-refractivity contribution in [3.63, 3.8) is 0 Å². The summed E-state index contributed by atoms with van der Waals surface area (Å²) in [5.41, 5.74) is 16.0. The van der Waals surface area contributed by atoms with Crippen LogP contribution in [0.4, 0.5) is 11.4 Å². The Balaban J connectivity index is 3.22. The number of benzene rings is 1. The van der Waals surface area contributed by atoms with Gasteiger partial charge in [-0.05, 0) is 17.5 Å². The zero-order chi connectivity index (χ0) is 8.97. The predicted octanol–water partition coefficient (Wildman–Crippen LogP) is 2.77. The van der Waals surface area contributed by atoms with Crippen molar-refractivity contribution in [1.29, 1.82) is 0 Å². The zero-order valence-corrected chi connectivity index (χ0v) is 6.86. The van der Waals surface area contributed by atoms with Gasteiger partial charge < -0.3 is 5.73 Å². The summed E-state index contributed by atoms with van der Waals surface area (Å²) in [7, 11) is 0. The van der Waals surface area contributed by atoms with Gasteiger partial charge in [-0.2, -0.15) is 0 Å². The second-order valence-corrected chi connectivity index (χ2v) is 2.39. The van der Waals surface area contributed by atoms with Crippen LogP contribution >= 0.6 is 0 Å². The van der Waals surface area contributed by atoms with Gasteiger partial charge in [-0.25, -0.2) is 0 Å². The van der Waals surface area contributed by atoms with E-state index in [1.54, 1.807) is 6.07 Å². The van der Waals surface area contributed by atoms with Gasteiger partial charge in [0.1, 0.15) is 0 Å². The van der Waals surface area contributed by atoms with Gasteiger partial charge in [-0.15, -0.1) is 0 Å². The second kappa shape index (κ2) is 3.64. The molecule has 0 unspecified atom stereocenters. The first-order valence-electron chi connectivity index (χ1n) is 3.72. The molecule has 0 aliphatic carbocycles. The Morgan fingerprint density at radius 3 is 2.92 bits per heavy atom. The summed E-state index contributed by atoms with van der Waals surface area (Å²) < 4.78 is 0. The Hall–Kier alpha value is -1.67. The maximum absolute atomic E-state index is 8.21. The Morgan fingerprint density at radius 2 is 2.33 bits per heavy atom.